The molecule has 0 heterocycles. The summed E-state index contributed by atoms with van der Waals surface area (Å²) in [6, 6.07) is 13.0. The third-order valence-electron chi connectivity index (χ3n) is 7.91. The van der Waals surface area contributed by atoms with Crippen molar-refractivity contribution < 1.29 is 19.4 Å². The first kappa shape index (κ1) is 22.5. The number of aromatic carboxylic acids is 1. The summed E-state index contributed by atoms with van der Waals surface area (Å²) < 4.78 is 6.21. The van der Waals surface area contributed by atoms with Crippen LogP contribution in [0.4, 0.5) is 0 Å². The van der Waals surface area contributed by atoms with E-state index in [1.165, 1.54) is 44.1 Å². The second kappa shape index (κ2) is 9.18. The summed E-state index contributed by atoms with van der Waals surface area (Å²) in [5.41, 5.74) is 8.25. The van der Waals surface area contributed by atoms with Gasteiger partial charge in [-0.25, -0.2) is 4.79 Å². The van der Waals surface area contributed by atoms with Crippen LogP contribution in [0.25, 0.3) is 0 Å². The van der Waals surface area contributed by atoms with E-state index in [0.717, 1.165) is 29.1 Å². The van der Waals surface area contributed by atoms with Crippen molar-refractivity contribution in [2.45, 2.75) is 56.8 Å². The number of carbonyl (C=O) groups is 2. The molecule has 4 bridgehead atoms. The fraction of sp³-hybridized carbons (Fsp3) is 0.448. The molecule has 0 radical (unpaired) electrons. The van der Waals surface area contributed by atoms with Crippen LogP contribution < -0.4 is 10.5 Å². The minimum Gasteiger partial charge on any atom is -0.493 e. The van der Waals surface area contributed by atoms with E-state index in [-0.39, 0.29) is 16.9 Å². The number of carboxylic acids is 1. The van der Waals surface area contributed by atoms with Crippen molar-refractivity contribution in [3.8, 4) is 17.6 Å². The number of nitrogens with two attached hydrogens (primary N) is 1. The zero-order valence-electron chi connectivity index (χ0n) is 19.4. The van der Waals surface area contributed by atoms with E-state index < -0.39 is 5.97 Å². The minimum absolute atomic E-state index is 0.129. The normalized spacial score (nSPS) is 26.5. The fourth-order valence-corrected chi connectivity index (χ4v) is 6.94. The molecule has 5 nitrogen and oxygen atoms in total. The van der Waals surface area contributed by atoms with E-state index >= 15 is 0 Å². The maximum atomic E-state index is 11.5. The van der Waals surface area contributed by atoms with Gasteiger partial charge in [0.1, 0.15) is 5.75 Å². The van der Waals surface area contributed by atoms with Crippen molar-refractivity contribution in [2.24, 2.45) is 23.5 Å². The summed E-state index contributed by atoms with van der Waals surface area (Å²) in [4.78, 5) is 22.7. The first-order valence-electron chi connectivity index (χ1n) is 12.3. The number of benzene rings is 2. The maximum absolute atomic E-state index is 11.5. The molecule has 4 fully saturated rings. The van der Waals surface area contributed by atoms with E-state index in [1.807, 2.05) is 12.1 Å². The average molecular weight is 458 g/mol. The van der Waals surface area contributed by atoms with Crippen molar-refractivity contribution in [3.63, 3.8) is 0 Å². The number of rotatable bonds is 7. The van der Waals surface area contributed by atoms with Crippen LogP contribution in [0.15, 0.2) is 42.5 Å². The lowest BCUT2D eigenvalue weighted by Crippen LogP contribution is -2.48. The van der Waals surface area contributed by atoms with E-state index in [4.69, 9.17) is 10.5 Å². The van der Waals surface area contributed by atoms with Crippen LogP contribution in [-0.2, 0) is 10.2 Å². The Labute approximate surface area is 200 Å². The van der Waals surface area contributed by atoms with Crippen LogP contribution in [0, 0.1) is 29.6 Å². The molecule has 5 heteroatoms. The van der Waals surface area contributed by atoms with Crippen LogP contribution in [0.2, 0.25) is 0 Å². The Morgan fingerprint density at radius 2 is 1.68 bits per heavy atom. The van der Waals surface area contributed by atoms with Gasteiger partial charge in [-0.05, 0) is 98.4 Å². The van der Waals surface area contributed by atoms with E-state index in [2.05, 4.69) is 17.9 Å². The van der Waals surface area contributed by atoms with Gasteiger partial charge in [-0.2, -0.15) is 0 Å². The lowest BCUT2D eigenvalue weighted by atomic mass is 9.48. The van der Waals surface area contributed by atoms with Gasteiger partial charge in [0.25, 0.3) is 0 Å². The first-order chi connectivity index (χ1) is 16.4. The molecule has 2 aromatic rings. The number of carbonyl (C=O) groups excluding carboxylic acids is 1. The minimum atomic E-state index is -0.973. The third-order valence-corrected chi connectivity index (χ3v) is 7.91. The van der Waals surface area contributed by atoms with E-state index in [9.17, 15) is 14.7 Å². The lowest BCUT2D eigenvalue weighted by molar-refractivity contribution is -0.118. The molecule has 4 saturated carbocycles. The molecule has 0 atom stereocenters. The van der Waals surface area contributed by atoms with Gasteiger partial charge in [-0.3, -0.25) is 4.79 Å². The molecule has 2 aromatic carbocycles. The lowest BCUT2D eigenvalue weighted by Gasteiger charge is -2.57. The monoisotopic (exact) mass is 457 g/mol. The Morgan fingerprint density at radius 1 is 1.00 bits per heavy atom. The van der Waals surface area contributed by atoms with Crippen LogP contribution in [0.1, 0.15) is 78.4 Å². The van der Waals surface area contributed by atoms with Crippen molar-refractivity contribution in [2.75, 3.05) is 6.61 Å². The summed E-state index contributed by atoms with van der Waals surface area (Å²) >= 11 is 0. The molecule has 0 spiro atoms. The molecule has 1 amide bonds. The van der Waals surface area contributed by atoms with Crippen molar-refractivity contribution >= 4 is 11.9 Å². The van der Waals surface area contributed by atoms with Crippen LogP contribution in [-0.4, -0.2) is 23.6 Å². The largest absolute Gasteiger partial charge is 0.493 e. The molecule has 0 aliphatic heterocycles. The Hall–Kier alpha value is -3.26. The highest BCUT2D eigenvalue weighted by Gasteiger charge is 2.52. The molecule has 4 aliphatic carbocycles. The highest BCUT2D eigenvalue weighted by atomic mass is 16.5. The van der Waals surface area contributed by atoms with Crippen molar-refractivity contribution in [3.05, 3.63) is 64.7 Å². The van der Waals surface area contributed by atoms with Gasteiger partial charge >= 0.3 is 5.97 Å². The highest BCUT2D eigenvalue weighted by molar-refractivity contribution is 5.90. The van der Waals surface area contributed by atoms with Crippen LogP contribution in [0.3, 0.4) is 0 Å². The molecule has 4 aliphatic rings. The number of ether oxygens (including phenoxy) is 1. The molecule has 176 valence electrons. The van der Waals surface area contributed by atoms with Gasteiger partial charge < -0.3 is 15.6 Å². The van der Waals surface area contributed by atoms with E-state index in [1.54, 1.807) is 24.3 Å². The maximum Gasteiger partial charge on any atom is 0.336 e. The molecular weight excluding hydrogens is 426 g/mol. The number of carboxylic acid groups (broad SMARTS) is 1. The SMILES string of the molecule is NC(=O)CCCOc1ccc(C#Cc2ccccc2C(=O)O)cc1C12CC3CC(CC(C3)C1)C2. The molecule has 6 rings (SSSR count). The molecule has 0 saturated heterocycles. The summed E-state index contributed by atoms with van der Waals surface area (Å²) in [5, 5.41) is 9.46. The number of hydrogen-bond donors (Lipinski definition) is 2. The Bertz CT molecular complexity index is 1140. The second-order valence-electron chi connectivity index (χ2n) is 10.4. The van der Waals surface area contributed by atoms with Crippen LogP contribution in [0.5, 0.6) is 5.75 Å². The van der Waals surface area contributed by atoms with Gasteiger partial charge in [-0.1, -0.05) is 24.0 Å². The number of hydrogen-bond acceptors (Lipinski definition) is 3. The van der Waals surface area contributed by atoms with Gasteiger partial charge in [0.2, 0.25) is 5.91 Å². The standard InChI is InChI=1S/C29H31NO4/c30-27(31)6-3-11-34-26-10-8-19(7-9-23-4-1-2-5-24(23)28(32)33)15-25(26)29-16-20-12-21(17-29)14-22(13-20)18-29/h1-2,4-5,8,10,15,20-22H,3,6,11-14,16-18H2,(H2,30,31)(H,32,33). The summed E-state index contributed by atoms with van der Waals surface area (Å²) in [6.07, 6.45) is 8.61. The third kappa shape index (κ3) is 4.55. The van der Waals surface area contributed by atoms with Crippen molar-refractivity contribution in [1.82, 2.24) is 0 Å². The average Bonchev–Trinajstić information content (AvgIpc) is 2.80. The smallest absolute Gasteiger partial charge is 0.336 e. The fourth-order valence-electron chi connectivity index (χ4n) is 6.94. The Kier molecular flexibility index (Phi) is 6.08. The highest BCUT2D eigenvalue weighted by Crippen LogP contribution is 2.61. The summed E-state index contributed by atoms with van der Waals surface area (Å²) in [5.74, 6) is 8.28. The predicted molar refractivity (Wildman–Crippen MR) is 130 cm³/mol. The van der Waals surface area contributed by atoms with Gasteiger partial charge in [0.05, 0.1) is 12.2 Å². The Morgan fingerprint density at radius 3 is 2.32 bits per heavy atom. The molecular formula is C29H31NO4. The Balaban J connectivity index is 1.48. The topological polar surface area (TPSA) is 89.6 Å². The summed E-state index contributed by atoms with van der Waals surface area (Å²) in [6.45, 7) is 0.458. The van der Waals surface area contributed by atoms with Gasteiger partial charge in [-0.15, -0.1) is 0 Å². The van der Waals surface area contributed by atoms with Gasteiger partial charge in [0, 0.05) is 23.1 Å². The molecule has 0 unspecified atom stereocenters. The molecule has 3 N–H and O–H groups in total. The quantitative estimate of drug-likeness (QED) is 0.457. The van der Waals surface area contributed by atoms with Gasteiger partial charge in [0.15, 0.2) is 0 Å². The zero-order valence-corrected chi connectivity index (χ0v) is 19.4. The molecule has 34 heavy (non-hydrogen) atoms. The number of amides is 1. The summed E-state index contributed by atoms with van der Waals surface area (Å²) in [7, 11) is 0. The van der Waals surface area contributed by atoms with Crippen molar-refractivity contribution in [1.29, 1.82) is 0 Å². The predicted octanol–water partition coefficient (Wildman–Crippen LogP) is 4.90. The van der Waals surface area contributed by atoms with Crippen LogP contribution >= 0.6 is 0 Å². The second-order valence-corrected chi connectivity index (χ2v) is 10.4. The number of primary amides is 1. The zero-order chi connectivity index (χ0) is 23.7. The first-order valence-corrected chi connectivity index (χ1v) is 12.3. The molecule has 0 aromatic heterocycles. The van der Waals surface area contributed by atoms with E-state index in [0.29, 0.717) is 25.0 Å².